The third-order valence-electron chi connectivity index (χ3n) is 7.02. The number of ether oxygens (including phenoxy) is 4. The SMILES string of the molecule is CC(=O)NC1C(O)C[C@](OCC2OC(OC(C(O)CO)C(O)C(O)C=O)C(O)C(O)C2O)(C(=O)O)OC1C(O)C(O)CO. The van der Waals surface area contributed by atoms with Gasteiger partial charge in [0.2, 0.25) is 5.91 Å². The van der Waals surface area contributed by atoms with Crippen molar-refractivity contribution >= 4 is 18.2 Å². The lowest BCUT2D eigenvalue weighted by Gasteiger charge is -2.47. The largest absolute Gasteiger partial charge is 0.477 e. The Hall–Kier alpha value is -1.99. The van der Waals surface area contributed by atoms with E-state index in [-0.39, 0.29) is 6.29 Å². The van der Waals surface area contributed by atoms with E-state index < -0.39 is 129 Å². The number of amides is 1. The van der Waals surface area contributed by atoms with E-state index in [4.69, 9.17) is 18.9 Å². The predicted octanol–water partition coefficient (Wildman–Crippen LogP) is -8.38. The van der Waals surface area contributed by atoms with Crippen LogP contribution in [-0.2, 0) is 33.3 Å². The number of aliphatic hydroxyl groups is 11. The number of carbonyl (C=O) groups is 3. The van der Waals surface area contributed by atoms with Crippen LogP contribution in [0.2, 0.25) is 0 Å². The molecule has 2 fully saturated rings. The number of rotatable bonds is 15. The van der Waals surface area contributed by atoms with Gasteiger partial charge in [0.15, 0.2) is 12.6 Å². The maximum absolute atomic E-state index is 12.3. The molecule has 20 heteroatoms. The molecule has 20 nitrogen and oxygen atoms in total. The number of nitrogens with one attached hydrogen (secondary N) is 1. The van der Waals surface area contributed by atoms with E-state index in [1.54, 1.807) is 0 Å². The third-order valence-corrected chi connectivity index (χ3v) is 7.02. The lowest BCUT2D eigenvalue weighted by molar-refractivity contribution is -0.348. The highest BCUT2D eigenvalue weighted by Gasteiger charge is 2.57. The van der Waals surface area contributed by atoms with Crippen LogP contribution in [-0.4, -0.2) is 191 Å². The second-order valence-electron chi connectivity index (χ2n) is 10.2. The molecule has 0 spiro atoms. The van der Waals surface area contributed by atoms with Crippen molar-refractivity contribution in [2.75, 3.05) is 19.8 Å². The van der Waals surface area contributed by atoms with Crippen molar-refractivity contribution in [1.82, 2.24) is 5.32 Å². The normalized spacial score (nSPS) is 37.4. The topological polar surface area (TPSA) is 343 Å². The first-order valence-electron chi connectivity index (χ1n) is 13.0. The summed E-state index contributed by atoms with van der Waals surface area (Å²) in [7, 11) is 0. The van der Waals surface area contributed by atoms with Crippen molar-refractivity contribution in [3.8, 4) is 0 Å². The van der Waals surface area contributed by atoms with Gasteiger partial charge in [0.25, 0.3) is 5.79 Å². The van der Waals surface area contributed by atoms with Crippen LogP contribution in [0.5, 0.6) is 0 Å². The molecule has 0 aromatic rings. The molecule has 14 unspecified atom stereocenters. The molecule has 2 saturated heterocycles. The molecular formula is C23H39NO19. The summed E-state index contributed by atoms with van der Waals surface area (Å²) in [6, 6.07) is -1.50. The van der Waals surface area contributed by atoms with Crippen LogP contribution in [0.1, 0.15) is 13.3 Å². The van der Waals surface area contributed by atoms with Gasteiger partial charge in [-0.1, -0.05) is 0 Å². The van der Waals surface area contributed by atoms with Crippen LogP contribution in [0.4, 0.5) is 0 Å². The lowest BCUT2D eigenvalue weighted by Crippen LogP contribution is -2.68. The zero-order valence-electron chi connectivity index (χ0n) is 22.7. The van der Waals surface area contributed by atoms with Gasteiger partial charge < -0.3 is 90.3 Å². The van der Waals surface area contributed by atoms with Crippen LogP contribution in [0, 0.1) is 0 Å². The molecule has 13 N–H and O–H groups in total. The van der Waals surface area contributed by atoms with E-state index in [9.17, 15) is 75.7 Å². The minimum atomic E-state index is -2.87. The highest BCUT2D eigenvalue weighted by molar-refractivity contribution is 5.76. The Labute approximate surface area is 243 Å². The first kappa shape index (κ1) is 37.2. The lowest BCUT2D eigenvalue weighted by atomic mass is 9.88. The molecule has 2 rings (SSSR count). The quantitative estimate of drug-likeness (QED) is 0.0744. The number of hydrogen-bond acceptors (Lipinski definition) is 18. The van der Waals surface area contributed by atoms with Gasteiger partial charge >= 0.3 is 5.97 Å². The van der Waals surface area contributed by atoms with Crippen molar-refractivity contribution in [3.63, 3.8) is 0 Å². The summed E-state index contributed by atoms with van der Waals surface area (Å²) in [5, 5.41) is 123. The second-order valence-corrected chi connectivity index (χ2v) is 10.2. The highest BCUT2D eigenvalue weighted by Crippen LogP contribution is 2.35. The molecule has 250 valence electrons. The molecule has 0 saturated carbocycles. The summed E-state index contributed by atoms with van der Waals surface area (Å²) in [6.07, 6.45) is -27.1. The van der Waals surface area contributed by atoms with E-state index >= 15 is 0 Å². The molecular weight excluding hydrogens is 594 g/mol. The van der Waals surface area contributed by atoms with Gasteiger partial charge in [0.05, 0.1) is 32.0 Å². The Kier molecular flexibility index (Phi) is 13.7. The molecule has 15 atom stereocenters. The summed E-state index contributed by atoms with van der Waals surface area (Å²) < 4.78 is 21.4. The number of aldehydes is 1. The minimum absolute atomic E-state index is 0.122. The molecule has 1 amide bonds. The fraction of sp³-hybridized carbons (Fsp3) is 0.870. The number of aliphatic carboxylic acids is 1. The maximum Gasteiger partial charge on any atom is 0.364 e. The molecule has 0 bridgehead atoms. The van der Waals surface area contributed by atoms with Crippen LogP contribution in [0.3, 0.4) is 0 Å². The first-order chi connectivity index (χ1) is 20.0. The van der Waals surface area contributed by atoms with Crippen LogP contribution >= 0.6 is 0 Å². The number of carboxylic acids is 1. The number of carboxylic acid groups (broad SMARTS) is 1. The monoisotopic (exact) mass is 633 g/mol. The molecule has 2 aliphatic rings. The van der Waals surface area contributed by atoms with Gasteiger partial charge in [-0.3, -0.25) is 4.79 Å². The number of hydrogen-bond donors (Lipinski definition) is 13. The summed E-state index contributed by atoms with van der Waals surface area (Å²) in [5.74, 6) is -5.51. The second kappa shape index (κ2) is 15.8. The van der Waals surface area contributed by atoms with Gasteiger partial charge in [0.1, 0.15) is 67.1 Å². The Morgan fingerprint density at radius 3 is 2.12 bits per heavy atom. The predicted molar refractivity (Wildman–Crippen MR) is 131 cm³/mol. The van der Waals surface area contributed by atoms with Gasteiger partial charge in [-0.2, -0.15) is 0 Å². The Morgan fingerprint density at radius 1 is 1.00 bits per heavy atom. The average molecular weight is 634 g/mol. The Bertz CT molecular complexity index is 927. The first-order valence-corrected chi connectivity index (χ1v) is 13.0. The molecule has 0 aromatic carbocycles. The van der Waals surface area contributed by atoms with E-state index in [1.807, 2.05) is 0 Å². The zero-order valence-corrected chi connectivity index (χ0v) is 22.7. The van der Waals surface area contributed by atoms with Gasteiger partial charge in [0, 0.05) is 13.3 Å². The minimum Gasteiger partial charge on any atom is -0.477 e. The fourth-order valence-electron chi connectivity index (χ4n) is 4.59. The molecule has 0 radical (unpaired) electrons. The molecule has 0 aromatic heterocycles. The highest BCUT2D eigenvalue weighted by atomic mass is 16.7. The Morgan fingerprint density at radius 2 is 1.60 bits per heavy atom. The Balaban J connectivity index is 2.33. The van der Waals surface area contributed by atoms with Crippen LogP contribution in [0.15, 0.2) is 0 Å². The van der Waals surface area contributed by atoms with Crippen molar-refractivity contribution < 1.29 is 94.6 Å². The summed E-state index contributed by atoms with van der Waals surface area (Å²) in [6.45, 7) is -2.09. The third kappa shape index (κ3) is 8.59. The van der Waals surface area contributed by atoms with E-state index in [1.165, 1.54) is 0 Å². The average Bonchev–Trinajstić information content (AvgIpc) is 2.97. The standard InChI is InChI=1S/C23H39NO19/c1-7(28)24-13-8(29)2-23(22(38)39,43-20(13)15(34)10(31)4-26)40-6-12-16(35)17(36)18(37)21(41-12)42-19(11(32)5-27)14(33)9(30)3-25/h3,8-21,26-27,29-37H,2,4-6H2,1H3,(H,24,28)(H,38,39)/t8?,9?,10?,11?,12?,13?,14?,15?,16?,17?,18?,19?,20?,21?,23-/m1/s1. The van der Waals surface area contributed by atoms with Gasteiger partial charge in [-0.15, -0.1) is 0 Å². The maximum atomic E-state index is 12.3. The summed E-state index contributed by atoms with van der Waals surface area (Å²) >= 11 is 0. The number of carbonyl (C=O) groups excluding carboxylic acids is 2. The molecule has 2 heterocycles. The van der Waals surface area contributed by atoms with E-state index in [2.05, 4.69) is 5.32 Å². The van der Waals surface area contributed by atoms with Crippen LogP contribution < -0.4 is 5.32 Å². The van der Waals surface area contributed by atoms with Gasteiger partial charge in [-0.25, -0.2) is 4.79 Å². The smallest absolute Gasteiger partial charge is 0.364 e. The summed E-state index contributed by atoms with van der Waals surface area (Å²) in [4.78, 5) is 34.9. The van der Waals surface area contributed by atoms with E-state index in [0.29, 0.717) is 0 Å². The molecule has 0 aliphatic carbocycles. The van der Waals surface area contributed by atoms with Crippen molar-refractivity contribution in [3.05, 3.63) is 0 Å². The van der Waals surface area contributed by atoms with Crippen LogP contribution in [0.25, 0.3) is 0 Å². The zero-order chi connectivity index (χ0) is 32.8. The van der Waals surface area contributed by atoms with Crippen molar-refractivity contribution in [2.45, 2.75) is 105 Å². The van der Waals surface area contributed by atoms with Crippen molar-refractivity contribution in [1.29, 1.82) is 0 Å². The van der Waals surface area contributed by atoms with Gasteiger partial charge in [-0.05, 0) is 0 Å². The molecule has 2 aliphatic heterocycles. The number of aliphatic hydroxyl groups excluding tert-OH is 11. The summed E-state index contributed by atoms with van der Waals surface area (Å²) in [5.41, 5.74) is 0. The van der Waals surface area contributed by atoms with E-state index in [0.717, 1.165) is 6.92 Å². The van der Waals surface area contributed by atoms with Crippen molar-refractivity contribution in [2.24, 2.45) is 0 Å². The fourth-order valence-corrected chi connectivity index (χ4v) is 4.59. The molecule has 43 heavy (non-hydrogen) atoms.